The minimum Gasteiger partial charge on any atom is -0.409 e. The maximum atomic E-state index is 13.0. The number of hydrogen-bond donors (Lipinski definition) is 0. The summed E-state index contributed by atoms with van der Waals surface area (Å²) in [4.78, 5) is 8.25. The molecule has 0 aliphatic carbocycles. The molecule has 2 heterocycles. The summed E-state index contributed by atoms with van der Waals surface area (Å²) in [5, 5.41) is 0. The van der Waals surface area contributed by atoms with E-state index >= 15 is 0 Å². The van der Waals surface area contributed by atoms with Gasteiger partial charge in [-0.05, 0) is 47.1 Å². The first kappa shape index (κ1) is 12.1. The summed E-state index contributed by atoms with van der Waals surface area (Å²) < 4.78 is 24.4. The fraction of sp³-hybridized carbons (Fsp3) is 0.0769. The number of oxazole rings is 1. The van der Waals surface area contributed by atoms with Crippen LogP contribution in [0.25, 0.3) is 11.1 Å². The van der Waals surface area contributed by atoms with E-state index in [2.05, 4.69) is 25.9 Å². The van der Waals surface area contributed by atoms with Crippen LogP contribution in [0.2, 0.25) is 0 Å². The first-order chi connectivity index (χ1) is 9.11. The van der Waals surface area contributed by atoms with E-state index < -0.39 is 0 Å². The average Bonchev–Trinajstić information content (AvgIpc) is 2.74. The van der Waals surface area contributed by atoms with Gasteiger partial charge >= 0.3 is 6.08 Å². The van der Waals surface area contributed by atoms with E-state index in [1.165, 1.54) is 18.2 Å². The molecule has 0 unspecified atom stereocenters. The highest BCUT2D eigenvalue weighted by Crippen LogP contribution is 2.30. The first-order valence-electron chi connectivity index (χ1n) is 5.49. The predicted octanol–water partition coefficient (Wildman–Crippen LogP) is 4.23. The van der Waals surface area contributed by atoms with Crippen LogP contribution in [0.15, 0.2) is 39.4 Å². The molecule has 0 N–H and O–H groups in total. The Bertz CT molecular complexity index is 757. The molecule has 4 nitrogen and oxygen atoms in total. The van der Waals surface area contributed by atoms with Crippen LogP contribution in [0.5, 0.6) is 11.8 Å². The summed E-state index contributed by atoms with van der Waals surface area (Å²) in [7, 11) is 0. The van der Waals surface area contributed by atoms with Crippen LogP contribution < -0.4 is 4.74 Å². The largest absolute Gasteiger partial charge is 0.409 e. The van der Waals surface area contributed by atoms with Crippen molar-refractivity contribution < 1.29 is 13.5 Å². The van der Waals surface area contributed by atoms with Gasteiger partial charge in [0.2, 0.25) is 0 Å². The number of fused-ring (bicyclic) bond motifs is 1. The van der Waals surface area contributed by atoms with Crippen molar-refractivity contribution in [2.45, 2.75) is 6.92 Å². The van der Waals surface area contributed by atoms with Crippen LogP contribution in [-0.4, -0.2) is 9.97 Å². The fourth-order valence-corrected chi connectivity index (χ4v) is 2.10. The maximum Gasteiger partial charge on any atom is 0.400 e. The minimum atomic E-state index is -0.370. The van der Waals surface area contributed by atoms with Crippen LogP contribution in [0, 0.1) is 12.7 Å². The Morgan fingerprint density at radius 3 is 2.84 bits per heavy atom. The van der Waals surface area contributed by atoms with Gasteiger partial charge in [-0.2, -0.15) is 4.98 Å². The molecule has 0 radical (unpaired) electrons. The zero-order valence-electron chi connectivity index (χ0n) is 9.85. The third-order valence-electron chi connectivity index (χ3n) is 2.48. The van der Waals surface area contributed by atoms with E-state index in [1.807, 2.05) is 13.0 Å². The number of nitrogens with zero attached hydrogens (tertiary/aromatic N) is 2. The van der Waals surface area contributed by atoms with Gasteiger partial charge in [-0.25, -0.2) is 9.37 Å². The Kier molecular flexibility index (Phi) is 2.94. The van der Waals surface area contributed by atoms with E-state index in [4.69, 9.17) is 9.15 Å². The van der Waals surface area contributed by atoms with Crippen molar-refractivity contribution in [3.63, 3.8) is 0 Å². The quantitative estimate of drug-likeness (QED) is 0.662. The lowest BCUT2D eigenvalue weighted by molar-refractivity contribution is 0.340. The normalized spacial score (nSPS) is 10.9. The van der Waals surface area contributed by atoms with Crippen molar-refractivity contribution in [1.29, 1.82) is 0 Å². The predicted molar refractivity (Wildman–Crippen MR) is 70.7 cm³/mol. The Morgan fingerprint density at radius 2 is 2.05 bits per heavy atom. The number of rotatable bonds is 2. The summed E-state index contributed by atoms with van der Waals surface area (Å²) in [6.07, 6.45) is 0.0481. The molecule has 0 aliphatic rings. The molecule has 0 amide bonds. The second-order valence-corrected chi connectivity index (χ2v) is 4.69. The summed E-state index contributed by atoms with van der Waals surface area (Å²) >= 11 is 3.29. The van der Waals surface area contributed by atoms with Gasteiger partial charge in [0.05, 0.1) is 0 Å². The third kappa shape index (κ3) is 2.44. The maximum absolute atomic E-state index is 13.0. The molecular formula is C13H8BrFN2O2. The van der Waals surface area contributed by atoms with Crippen LogP contribution in [0.4, 0.5) is 4.39 Å². The molecule has 3 aromatic rings. The van der Waals surface area contributed by atoms with Crippen molar-refractivity contribution in [2.75, 3.05) is 0 Å². The summed E-state index contributed by atoms with van der Waals surface area (Å²) in [5.41, 5.74) is 1.73. The van der Waals surface area contributed by atoms with Gasteiger partial charge in [-0.1, -0.05) is 0 Å². The van der Waals surface area contributed by atoms with Crippen molar-refractivity contribution in [3.05, 3.63) is 46.4 Å². The van der Waals surface area contributed by atoms with Crippen molar-refractivity contribution in [3.8, 4) is 11.8 Å². The highest BCUT2D eigenvalue weighted by molar-refractivity contribution is 9.10. The lowest BCUT2D eigenvalue weighted by Crippen LogP contribution is -1.89. The Labute approximate surface area is 116 Å². The Balaban J connectivity index is 1.96. The number of benzene rings is 1. The second kappa shape index (κ2) is 4.62. The first-order valence-corrected chi connectivity index (χ1v) is 6.28. The number of aromatic nitrogens is 2. The molecular weight excluding hydrogens is 315 g/mol. The van der Waals surface area contributed by atoms with Crippen LogP contribution in [0.3, 0.4) is 0 Å². The van der Waals surface area contributed by atoms with Gasteiger partial charge in [0, 0.05) is 11.8 Å². The van der Waals surface area contributed by atoms with Gasteiger partial charge < -0.3 is 9.15 Å². The molecule has 3 rings (SSSR count). The lowest BCUT2D eigenvalue weighted by Gasteiger charge is -2.02. The van der Waals surface area contributed by atoms with E-state index in [0.717, 1.165) is 5.69 Å². The summed E-state index contributed by atoms with van der Waals surface area (Å²) in [5.74, 6) is 0.114. The molecule has 0 atom stereocenters. The number of halogens is 2. The number of hydrogen-bond acceptors (Lipinski definition) is 4. The monoisotopic (exact) mass is 322 g/mol. The molecule has 6 heteroatoms. The smallest absolute Gasteiger partial charge is 0.400 e. The van der Waals surface area contributed by atoms with Crippen molar-refractivity contribution >= 4 is 27.0 Å². The fourth-order valence-electron chi connectivity index (χ4n) is 1.61. The average molecular weight is 323 g/mol. The molecule has 0 saturated heterocycles. The van der Waals surface area contributed by atoms with Gasteiger partial charge in [0.15, 0.2) is 11.3 Å². The van der Waals surface area contributed by atoms with Crippen LogP contribution >= 0.6 is 15.9 Å². The van der Waals surface area contributed by atoms with Crippen molar-refractivity contribution in [1.82, 2.24) is 9.97 Å². The van der Waals surface area contributed by atoms with E-state index in [1.54, 1.807) is 6.07 Å². The van der Waals surface area contributed by atoms with Gasteiger partial charge in [-0.15, -0.1) is 0 Å². The lowest BCUT2D eigenvalue weighted by atomic mass is 10.3. The molecule has 19 heavy (non-hydrogen) atoms. The number of pyridine rings is 1. The molecule has 0 saturated carbocycles. The zero-order valence-corrected chi connectivity index (χ0v) is 11.4. The van der Waals surface area contributed by atoms with Gasteiger partial charge in [0.1, 0.15) is 15.9 Å². The molecule has 0 aliphatic heterocycles. The van der Waals surface area contributed by atoms with Gasteiger partial charge in [-0.3, -0.25) is 0 Å². The van der Waals surface area contributed by atoms with E-state index in [0.29, 0.717) is 21.5 Å². The molecule has 0 bridgehead atoms. The van der Waals surface area contributed by atoms with Crippen LogP contribution in [-0.2, 0) is 0 Å². The highest BCUT2D eigenvalue weighted by Gasteiger charge is 2.11. The summed E-state index contributed by atoms with van der Waals surface area (Å²) in [6, 6.07) is 7.66. The SMILES string of the molecule is Cc1ccc(Oc2nc3cc(F)ccc3o2)c(Br)n1. The molecule has 96 valence electrons. The zero-order chi connectivity index (χ0) is 13.4. The molecule has 0 spiro atoms. The van der Waals surface area contributed by atoms with E-state index in [9.17, 15) is 4.39 Å². The number of ether oxygens (including phenoxy) is 1. The summed E-state index contributed by atoms with van der Waals surface area (Å²) in [6.45, 7) is 1.87. The van der Waals surface area contributed by atoms with Crippen LogP contribution in [0.1, 0.15) is 5.69 Å². The molecule has 0 fully saturated rings. The standard InChI is InChI=1S/C13H8BrFN2O2/c1-7-2-4-11(12(14)16-7)19-13-17-9-6-8(15)3-5-10(9)18-13/h2-6H,1H3. The van der Waals surface area contributed by atoms with E-state index in [-0.39, 0.29) is 11.9 Å². The van der Waals surface area contributed by atoms with Crippen molar-refractivity contribution in [2.24, 2.45) is 0 Å². The number of aryl methyl sites for hydroxylation is 1. The third-order valence-corrected chi connectivity index (χ3v) is 3.05. The molecule has 1 aromatic carbocycles. The Hall–Kier alpha value is -1.95. The minimum absolute atomic E-state index is 0.0481. The second-order valence-electron chi connectivity index (χ2n) is 3.94. The molecule has 2 aromatic heterocycles. The topological polar surface area (TPSA) is 48.2 Å². The van der Waals surface area contributed by atoms with Gasteiger partial charge in [0.25, 0.3) is 0 Å². The Morgan fingerprint density at radius 1 is 1.21 bits per heavy atom. The highest BCUT2D eigenvalue weighted by atomic mass is 79.9.